The van der Waals surface area contributed by atoms with Crippen LogP contribution in [-0.2, 0) is 6.61 Å². The molecule has 0 aliphatic rings. The first-order valence-corrected chi connectivity index (χ1v) is 6.33. The number of rotatable bonds is 3. The Hall–Kier alpha value is -0.740. The molecule has 0 fully saturated rings. The molecule has 2 rings (SSSR count). The van der Waals surface area contributed by atoms with Gasteiger partial charge in [0.25, 0.3) is 0 Å². The van der Waals surface area contributed by atoms with Gasteiger partial charge in [0.15, 0.2) is 0 Å². The maximum Gasteiger partial charge on any atom is 0.119 e. The van der Waals surface area contributed by atoms with Crippen LogP contribution in [0.4, 0.5) is 0 Å². The summed E-state index contributed by atoms with van der Waals surface area (Å²) in [6, 6.07) is 15.6. The zero-order chi connectivity index (χ0) is 11.4. The second-order valence-electron chi connectivity index (χ2n) is 3.33. The van der Waals surface area contributed by atoms with Crippen molar-refractivity contribution < 1.29 is 4.74 Å². The van der Waals surface area contributed by atoms with E-state index < -0.39 is 0 Å². The summed E-state index contributed by atoms with van der Waals surface area (Å²) in [5.41, 5.74) is 1.19. The van der Waals surface area contributed by atoms with Gasteiger partial charge in [-0.05, 0) is 52.9 Å². The van der Waals surface area contributed by atoms with Gasteiger partial charge in [-0.15, -0.1) is 0 Å². The lowest BCUT2D eigenvalue weighted by Gasteiger charge is -2.07. The first-order valence-electron chi connectivity index (χ1n) is 4.87. The molecule has 0 heterocycles. The van der Waals surface area contributed by atoms with E-state index in [2.05, 4.69) is 34.7 Å². The number of benzene rings is 2. The lowest BCUT2D eigenvalue weighted by Crippen LogP contribution is -1.97. The van der Waals surface area contributed by atoms with E-state index in [0.29, 0.717) is 6.61 Å². The summed E-state index contributed by atoms with van der Waals surface area (Å²) in [7, 11) is 0. The minimum absolute atomic E-state index is 0.584. The average molecular weight is 345 g/mol. The molecule has 16 heavy (non-hydrogen) atoms. The van der Waals surface area contributed by atoms with Crippen LogP contribution in [0.1, 0.15) is 5.56 Å². The predicted octanol–water partition coefficient (Wildman–Crippen LogP) is 4.52. The van der Waals surface area contributed by atoms with Gasteiger partial charge in [0, 0.05) is 14.2 Å². The molecule has 0 amide bonds. The number of hydrogen-bond donors (Lipinski definition) is 0. The lowest BCUT2D eigenvalue weighted by molar-refractivity contribution is 0.305. The van der Waals surface area contributed by atoms with Crippen molar-refractivity contribution in [2.45, 2.75) is 6.61 Å². The minimum atomic E-state index is 0.584. The average Bonchev–Trinajstić information content (AvgIpc) is 2.30. The van der Waals surface area contributed by atoms with E-state index in [1.165, 1.54) is 9.13 Å². The first-order chi connectivity index (χ1) is 7.75. The Morgan fingerprint density at radius 1 is 1.00 bits per heavy atom. The standard InChI is InChI=1S/C13H10ClIO/c14-11-5-7-12(8-6-11)16-9-10-3-1-2-4-13(10)15/h1-8H,9H2. The number of halogens is 2. The van der Waals surface area contributed by atoms with Gasteiger partial charge in [-0.25, -0.2) is 0 Å². The van der Waals surface area contributed by atoms with Crippen LogP contribution in [0.5, 0.6) is 5.75 Å². The molecule has 82 valence electrons. The van der Waals surface area contributed by atoms with Crippen molar-refractivity contribution in [3.05, 3.63) is 62.7 Å². The second-order valence-corrected chi connectivity index (χ2v) is 4.93. The van der Waals surface area contributed by atoms with Crippen LogP contribution < -0.4 is 4.74 Å². The van der Waals surface area contributed by atoms with Crippen LogP contribution in [0.2, 0.25) is 5.02 Å². The first kappa shape index (κ1) is 11.7. The Kier molecular flexibility index (Phi) is 4.07. The molecule has 0 saturated heterocycles. The highest BCUT2D eigenvalue weighted by molar-refractivity contribution is 14.1. The van der Waals surface area contributed by atoms with Crippen molar-refractivity contribution >= 4 is 34.2 Å². The second kappa shape index (κ2) is 5.55. The van der Waals surface area contributed by atoms with Gasteiger partial charge in [-0.1, -0.05) is 29.8 Å². The van der Waals surface area contributed by atoms with Crippen molar-refractivity contribution in [3.8, 4) is 5.75 Å². The third-order valence-electron chi connectivity index (χ3n) is 2.17. The van der Waals surface area contributed by atoms with Crippen molar-refractivity contribution in [2.24, 2.45) is 0 Å². The van der Waals surface area contributed by atoms with E-state index in [4.69, 9.17) is 16.3 Å². The summed E-state index contributed by atoms with van der Waals surface area (Å²) in [4.78, 5) is 0. The zero-order valence-corrected chi connectivity index (χ0v) is 11.4. The molecule has 0 N–H and O–H groups in total. The molecule has 0 aliphatic carbocycles. The van der Waals surface area contributed by atoms with Gasteiger partial charge in [0.05, 0.1) is 0 Å². The van der Waals surface area contributed by atoms with E-state index in [9.17, 15) is 0 Å². The largest absolute Gasteiger partial charge is 0.489 e. The zero-order valence-electron chi connectivity index (χ0n) is 8.49. The molecule has 0 aromatic heterocycles. The molecule has 0 radical (unpaired) electrons. The molecule has 2 aromatic carbocycles. The van der Waals surface area contributed by atoms with Crippen molar-refractivity contribution in [3.63, 3.8) is 0 Å². The summed E-state index contributed by atoms with van der Waals surface area (Å²) < 4.78 is 6.88. The Balaban J connectivity index is 2.02. The molecule has 1 nitrogen and oxygen atoms in total. The quantitative estimate of drug-likeness (QED) is 0.744. The van der Waals surface area contributed by atoms with Crippen molar-refractivity contribution in [2.75, 3.05) is 0 Å². The van der Waals surface area contributed by atoms with E-state index in [1.54, 1.807) is 0 Å². The van der Waals surface area contributed by atoms with Crippen LogP contribution in [-0.4, -0.2) is 0 Å². The summed E-state index contributed by atoms with van der Waals surface area (Å²) in [6.45, 7) is 0.584. The Morgan fingerprint density at radius 3 is 2.38 bits per heavy atom. The van der Waals surface area contributed by atoms with E-state index >= 15 is 0 Å². The molecule has 0 unspecified atom stereocenters. The maximum absolute atomic E-state index is 5.80. The van der Waals surface area contributed by atoms with Gasteiger partial charge in [0.1, 0.15) is 12.4 Å². The fourth-order valence-electron chi connectivity index (χ4n) is 1.31. The van der Waals surface area contributed by atoms with Crippen LogP contribution in [0.25, 0.3) is 0 Å². The smallest absolute Gasteiger partial charge is 0.119 e. The van der Waals surface area contributed by atoms with Gasteiger partial charge in [0.2, 0.25) is 0 Å². The van der Waals surface area contributed by atoms with E-state index in [0.717, 1.165) is 10.8 Å². The minimum Gasteiger partial charge on any atom is -0.489 e. The Labute approximate surface area is 114 Å². The Morgan fingerprint density at radius 2 is 1.69 bits per heavy atom. The Bertz CT molecular complexity index is 468. The fraction of sp³-hybridized carbons (Fsp3) is 0.0769. The van der Waals surface area contributed by atoms with Crippen LogP contribution >= 0.6 is 34.2 Å². The molecule has 3 heteroatoms. The van der Waals surface area contributed by atoms with Crippen LogP contribution in [0.15, 0.2) is 48.5 Å². The highest BCUT2D eigenvalue weighted by Gasteiger charge is 1.99. The van der Waals surface area contributed by atoms with Crippen LogP contribution in [0.3, 0.4) is 0 Å². The van der Waals surface area contributed by atoms with Gasteiger partial charge in [-0.3, -0.25) is 0 Å². The summed E-state index contributed by atoms with van der Waals surface area (Å²) in [6.07, 6.45) is 0. The van der Waals surface area contributed by atoms with Gasteiger partial charge >= 0.3 is 0 Å². The molecule has 0 bridgehead atoms. The molecule has 0 aliphatic heterocycles. The molecule has 0 spiro atoms. The van der Waals surface area contributed by atoms with Crippen LogP contribution in [0, 0.1) is 3.57 Å². The topological polar surface area (TPSA) is 9.23 Å². The SMILES string of the molecule is Clc1ccc(OCc2ccccc2I)cc1. The molecule has 0 saturated carbocycles. The summed E-state index contributed by atoms with van der Waals surface area (Å²) >= 11 is 8.10. The van der Waals surface area contributed by atoms with E-state index in [1.807, 2.05) is 36.4 Å². The third-order valence-corrected chi connectivity index (χ3v) is 3.47. The third kappa shape index (κ3) is 3.12. The highest BCUT2D eigenvalue weighted by Crippen LogP contribution is 2.18. The highest BCUT2D eigenvalue weighted by atomic mass is 127. The maximum atomic E-state index is 5.80. The van der Waals surface area contributed by atoms with Gasteiger partial charge < -0.3 is 4.74 Å². The normalized spacial score (nSPS) is 10.1. The number of hydrogen-bond acceptors (Lipinski definition) is 1. The molecule has 2 aromatic rings. The van der Waals surface area contributed by atoms with Crippen molar-refractivity contribution in [1.82, 2.24) is 0 Å². The van der Waals surface area contributed by atoms with Crippen molar-refractivity contribution in [1.29, 1.82) is 0 Å². The summed E-state index contributed by atoms with van der Waals surface area (Å²) in [5, 5.41) is 0.724. The summed E-state index contributed by atoms with van der Waals surface area (Å²) in [5.74, 6) is 0.837. The van der Waals surface area contributed by atoms with E-state index in [-0.39, 0.29) is 0 Å². The molecular weight excluding hydrogens is 334 g/mol. The predicted molar refractivity (Wildman–Crippen MR) is 74.9 cm³/mol. The monoisotopic (exact) mass is 344 g/mol. The molecule has 0 atom stereocenters. The number of ether oxygens (including phenoxy) is 1. The lowest BCUT2D eigenvalue weighted by atomic mass is 10.2. The fourth-order valence-corrected chi connectivity index (χ4v) is 1.98. The molecular formula is C13H10ClIO. The van der Waals surface area contributed by atoms with Gasteiger partial charge in [-0.2, -0.15) is 0 Å².